The number of carbonyl (C=O) groups is 1. The van der Waals surface area contributed by atoms with Crippen molar-refractivity contribution in [2.45, 2.75) is 59.0 Å². The average Bonchev–Trinajstić information content (AvgIpc) is 2.42. The van der Waals surface area contributed by atoms with Gasteiger partial charge in [0.05, 0.1) is 6.20 Å². The van der Waals surface area contributed by atoms with Gasteiger partial charge in [-0.3, -0.25) is 4.79 Å². The zero-order valence-electron chi connectivity index (χ0n) is 13.1. The molecule has 1 aliphatic rings. The summed E-state index contributed by atoms with van der Waals surface area (Å²) < 4.78 is 0. The Bertz CT molecular complexity index is 501. The lowest BCUT2D eigenvalue weighted by atomic mass is 10.1. The Labute approximate surface area is 121 Å². The lowest BCUT2D eigenvalue weighted by Crippen LogP contribution is -2.55. The van der Waals surface area contributed by atoms with Gasteiger partial charge in [0.15, 0.2) is 5.82 Å². The van der Waals surface area contributed by atoms with Gasteiger partial charge in [0, 0.05) is 19.5 Å². The van der Waals surface area contributed by atoms with Crippen LogP contribution in [0.5, 0.6) is 0 Å². The van der Waals surface area contributed by atoms with Crippen molar-refractivity contribution in [2.75, 3.05) is 16.8 Å². The number of aryl methyl sites for hydroxylation is 1. The SMILES string of the molecule is CCCc1ncc2c(n1)N(C(C)C)C(CC)C(=O)N2C. The summed E-state index contributed by atoms with van der Waals surface area (Å²) in [5.41, 5.74) is 0.813. The molecule has 0 saturated heterocycles. The molecule has 2 heterocycles. The molecule has 0 bridgehead atoms. The average molecular weight is 276 g/mol. The Morgan fingerprint density at radius 3 is 2.60 bits per heavy atom. The van der Waals surface area contributed by atoms with E-state index in [2.05, 4.69) is 30.7 Å². The first-order chi connectivity index (χ1) is 9.51. The molecule has 0 aliphatic carbocycles. The molecular formula is C15H24N4O. The van der Waals surface area contributed by atoms with E-state index in [0.717, 1.165) is 36.6 Å². The highest BCUT2D eigenvalue weighted by Crippen LogP contribution is 2.35. The molecule has 1 aromatic heterocycles. The van der Waals surface area contributed by atoms with Crippen LogP contribution in [0.15, 0.2) is 6.20 Å². The minimum absolute atomic E-state index is 0.126. The number of anilines is 2. The molecule has 1 aliphatic heterocycles. The lowest BCUT2D eigenvalue weighted by Gasteiger charge is -2.42. The Hall–Kier alpha value is -1.65. The van der Waals surface area contributed by atoms with Gasteiger partial charge in [-0.05, 0) is 26.7 Å². The van der Waals surface area contributed by atoms with Gasteiger partial charge in [0.1, 0.15) is 17.6 Å². The minimum atomic E-state index is -0.128. The molecule has 2 rings (SSSR count). The maximum absolute atomic E-state index is 12.5. The summed E-state index contributed by atoms with van der Waals surface area (Å²) in [4.78, 5) is 25.4. The number of carbonyl (C=O) groups excluding carboxylic acids is 1. The van der Waals surface area contributed by atoms with Crippen molar-refractivity contribution in [1.82, 2.24) is 9.97 Å². The molecule has 0 N–H and O–H groups in total. The van der Waals surface area contributed by atoms with Crippen LogP contribution >= 0.6 is 0 Å². The maximum Gasteiger partial charge on any atom is 0.249 e. The maximum atomic E-state index is 12.5. The molecule has 1 aromatic rings. The monoisotopic (exact) mass is 276 g/mol. The lowest BCUT2D eigenvalue weighted by molar-refractivity contribution is -0.120. The highest BCUT2D eigenvalue weighted by Gasteiger charge is 2.38. The first kappa shape index (κ1) is 14.8. The molecule has 0 fully saturated rings. The second kappa shape index (κ2) is 5.77. The van der Waals surface area contributed by atoms with E-state index in [1.807, 2.05) is 14.0 Å². The highest BCUT2D eigenvalue weighted by molar-refractivity contribution is 6.04. The van der Waals surface area contributed by atoms with Gasteiger partial charge in [0.25, 0.3) is 0 Å². The van der Waals surface area contributed by atoms with Crippen LogP contribution in [0.3, 0.4) is 0 Å². The van der Waals surface area contributed by atoms with Crippen molar-refractivity contribution in [3.8, 4) is 0 Å². The summed E-state index contributed by atoms with van der Waals surface area (Å²) >= 11 is 0. The molecule has 5 heteroatoms. The Balaban J connectivity index is 2.54. The summed E-state index contributed by atoms with van der Waals surface area (Å²) in [7, 11) is 1.81. The number of likely N-dealkylation sites (N-methyl/N-ethyl adjacent to an activating group) is 1. The number of rotatable bonds is 4. The third kappa shape index (κ3) is 2.37. The van der Waals surface area contributed by atoms with Gasteiger partial charge in [-0.2, -0.15) is 0 Å². The van der Waals surface area contributed by atoms with Crippen LogP contribution in [0.25, 0.3) is 0 Å². The molecular weight excluding hydrogens is 252 g/mol. The van der Waals surface area contributed by atoms with Gasteiger partial charge in [-0.15, -0.1) is 0 Å². The van der Waals surface area contributed by atoms with Crippen LogP contribution in [0.2, 0.25) is 0 Å². The van der Waals surface area contributed by atoms with Crippen LogP contribution in [-0.4, -0.2) is 35.0 Å². The highest BCUT2D eigenvalue weighted by atomic mass is 16.2. The second-order valence-corrected chi connectivity index (χ2v) is 5.57. The van der Waals surface area contributed by atoms with E-state index in [-0.39, 0.29) is 18.0 Å². The van der Waals surface area contributed by atoms with Crippen LogP contribution in [0.4, 0.5) is 11.5 Å². The molecule has 5 nitrogen and oxygen atoms in total. The number of nitrogens with zero attached hydrogens (tertiary/aromatic N) is 4. The van der Waals surface area contributed by atoms with Gasteiger partial charge in [0.2, 0.25) is 5.91 Å². The fraction of sp³-hybridized carbons (Fsp3) is 0.667. The van der Waals surface area contributed by atoms with Crippen molar-refractivity contribution < 1.29 is 4.79 Å². The first-order valence-corrected chi connectivity index (χ1v) is 7.43. The van der Waals surface area contributed by atoms with Crippen molar-refractivity contribution in [1.29, 1.82) is 0 Å². The van der Waals surface area contributed by atoms with E-state index in [9.17, 15) is 4.79 Å². The minimum Gasteiger partial charge on any atom is -0.340 e. The smallest absolute Gasteiger partial charge is 0.249 e. The Morgan fingerprint density at radius 2 is 2.05 bits per heavy atom. The van der Waals surface area contributed by atoms with E-state index in [4.69, 9.17) is 4.98 Å². The van der Waals surface area contributed by atoms with Crippen LogP contribution in [-0.2, 0) is 11.2 Å². The van der Waals surface area contributed by atoms with Crippen LogP contribution < -0.4 is 9.80 Å². The van der Waals surface area contributed by atoms with Gasteiger partial charge >= 0.3 is 0 Å². The number of amides is 1. The standard InChI is InChI=1S/C15H24N4O/c1-6-8-13-16-9-12-14(17-13)19(10(3)4)11(7-2)15(20)18(12)5/h9-11H,6-8H2,1-5H3. The third-order valence-corrected chi connectivity index (χ3v) is 3.77. The molecule has 0 saturated carbocycles. The first-order valence-electron chi connectivity index (χ1n) is 7.43. The van der Waals surface area contributed by atoms with Crippen molar-refractivity contribution >= 4 is 17.4 Å². The molecule has 1 unspecified atom stereocenters. The summed E-state index contributed by atoms with van der Waals surface area (Å²) in [6.07, 6.45) is 4.46. The van der Waals surface area contributed by atoms with Crippen molar-refractivity contribution in [3.05, 3.63) is 12.0 Å². The molecule has 0 radical (unpaired) electrons. The van der Waals surface area contributed by atoms with Gasteiger partial charge in [-0.25, -0.2) is 9.97 Å². The molecule has 1 amide bonds. The summed E-state index contributed by atoms with van der Waals surface area (Å²) in [5.74, 6) is 1.88. The second-order valence-electron chi connectivity index (χ2n) is 5.57. The predicted octanol–water partition coefficient (Wildman–Crippen LogP) is 2.40. The van der Waals surface area contributed by atoms with E-state index in [1.54, 1.807) is 11.1 Å². The Kier molecular flexibility index (Phi) is 4.26. The van der Waals surface area contributed by atoms with Crippen LogP contribution in [0, 0.1) is 0 Å². The molecule has 0 aromatic carbocycles. The molecule has 20 heavy (non-hydrogen) atoms. The van der Waals surface area contributed by atoms with Crippen LogP contribution in [0.1, 0.15) is 46.4 Å². The fourth-order valence-corrected chi connectivity index (χ4v) is 2.76. The molecule has 0 spiro atoms. The largest absolute Gasteiger partial charge is 0.340 e. The van der Waals surface area contributed by atoms with E-state index in [1.165, 1.54) is 0 Å². The zero-order valence-corrected chi connectivity index (χ0v) is 13.1. The fourth-order valence-electron chi connectivity index (χ4n) is 2.76. The quantitative estimate of drug-likeness (QED) is 0.847. The van der Waals surface area contributed by atoms with Crippen molar-refractivity contribution in [3.63, 3.8) is 0 Å². The van der Waals surface area contributed by atoms with E-state index >= 15 is 0 Å². The van der Waals surface area contributed by atoms with Crippen molar-refractivity contribution in [2.24, 2.45) is 0 Å². The van der Waals surface area contributed by atoms with E-state index < -0.39 is 0 Å². The number of hydrogen-bond acceptors (Lipinski definition) is 4. The summed E-state index contributed by atoms with van der Waals surface area (Å²) in [5, 5.41) is 0. The zero-order chi connectivity index (χ0) is 14.9. The normalized spacial score (nSPS) is 18.7. The van der Waals surface area contributed by atoms with E-state index in [0.29, 0.717) is 0 Å². The number of fused-ring (bicyclic) bond motifs is 1. The summed E-state index contributed by atoms with van der Waals surface area (Å²) in [6.45, 7) is 8.37. The molecule has 110 valence electrons. The summed E-state index contributed by atoms with van der Waals surface area (Å²) in [6, 6.07) is 0.109. The number of hydrogen-bond donors (Lipinski definition) is 0. The topological polar surface area (TPSA) is 49.3 Å². The Morgan fingerprint density at radius 1 is 1.35 bits per heavy atom. The van der Waals surface area contributed by atoms with Gasteiger partial charge < -0.3 is 9.80 Å². The third-order valence-electron chi connectivity index (χ3n) is 3.77. The predicted molar refractivity (Wildman–Crippen MR) is 81.1 cm³/mol. The molecule has 1 atom stereocenters. The number of aromatic nitrogens is 2. The van der Waals surface area contributed by atoms with Gasteiger partial charge in [-0.1, -0.05) is 13.8 Å².